The highest BCUT2D eigenvalue weighted by Crippen LogP contribution is 2.28. The molecule has 23 heavy (non-hydrogen) atoms. The lowest BCUT2D eigenvalue weighted by molar-refractivity contribution is 0.0801. The van der Waals surface area contributed by atoms with Gasteiger partial charge in [0.05, 0.1) is 0 Å². The Kier molecular flexibility index (Phi) is 4.82. The van der Waals surface area contributed by atoms with Crippen LogP contribution in [0.3, 0.4) is 0 Å². The summed E-state index contributed by atoms with van der Waals surface area (Å²) in [4.78, 5) is 19.1. The molecule has 0 spiro atoms. The normalized spacial score (nSPS) is 17.8. The van der Waals surface area contributed by atoms with Crippen molar-refractivity contribution < 1.29 is 9.18 Å². The van der Waals surface area contributed by atoms with Crippen molar-refractivity contribution in [2.24, 2.45) is 5.92 Å². The first kappa shape index (κ1) is 15.8. The topological polar surface area (TPSA) is 33.2 Å². The zero-order valence-corrected chi connectivity index (χ0v) is 13.3. The number of benzene rings is 1. The Bertz CT molecular complexity index is 649. The van der Waals surface area contributed by atoms with Crippen LogP contribution in [0, 0.1) is 11.7 Å². The summed E-state index contributed by atoms with van der Waals surface area (Å²) in [6.07, 6.45) is 5.38. The number of Topliss-reactive ketones (excluding diaryl/α,β-unsaturated/α-hetero) is 1. The van der Waals surface area contributed by atoms with Gasteiger partial charge in [-0.15, -0.1) is 0 Å². The Morgan fingerprint density at radius 2 is 1.91 bits per heavy atom. The number of likely N-dealkylation sites (tertiary alicyclic amines) is 1. The summed E-state index contributed by atoms with van der Waals surface area (Å²) in [6.45, 7) is 3.97. The van der Waals surface area contributed by atoms with E-state index in [4.69, 9.17) is 0 Å². The summed E-state index contributed by atoms with van der Waals surface area (Å²) in [5.41, 5.74) is 1.82. The number of halogens is 1. The lowest BCUT2D eigenvalue weighted by atomic mass is 9.88. The average molecular weight is 312 g/mol. The Labute approximate surface area is 136 Å². The standard InChI is InChI=1S/C19H21FN2O/c1-14(17-3-2-10-21-13-17)22-11-8-16(9-12-22)19(23)15-4-6-18(20)7-5-15/h2-7,10,13-14,16H,8-9,11-12H2,1H3/t14-/m0/s1. The second-order valence-corrected chi connectivity index (χ2v) is 6.14. The van der Waals surface area contributed by atoms with Crippen LogP contribution >= 0.6 is 0 Å². The number of hydrogen-bond acceptors (Lipinski definition) is 3. The summed E-state index contributed by atoms with van der Waals surface area (Å²) < 4.78 is 13.0. The number of piperidine rings is 1. The molecule has 1 aliphatic heterocycles. The number of rotatable bonds is 4. The molecule has 1 aliphatic rings. The van der Waals surface area contributed by atoms with Crippen LogP contribution in [0.4, 0.5) is 4.39 Å². The molecule has 1 saturated heterocycles. The monoisotopic (exact) mass is 312 g/mol. The van der Waals surface area contributed by atoms with E-state index < -0.39 is 0 Å². The summed E-state index contributed by atoms with van der Waals surface area (Å²) in [5, 5.41) is 0. The van der Waals surface area contributed by atoms with Crippen molar-refractivity contribution in [2.45, 2.75) is 25.8 Å². The fourth-order valence-corrected chi connectivity index (χ4v) is 3.23. The van der Waals surface area contributed by atoms with Crippen LogP contribution in [0.15, 0.2) is 48.8 Å². The third kappa shape index (κ3) is 3.64. The molecule has 3 rings (SSSR count). The van der Waals surface area contributed by atoms with Gasteiger partial charge in [-0.3, -0.25) is 14.7 Å². The Morgan fingerprint density at radius 3 is 2.52 bits per heavy atom. The largest absolute Gasteiger partial charge is 0.297 e. The van der Waals surface area contributed by atoms with Crippen molar-refractivity contribution in [1.82, 2.24) is 9.88 Å². The van der Waals surface area contributed by atoms with Gasteiger partial charge in [0.1, 0.15) is 5.82 Å². The fourth-order valence-electron chi connectivity index (χ4n) is 3.23. The number of aromatic nitrogens is 1. The molecule has 120 valence electrons. The Hall–Kier alpha value is -2.07. The molecule has 4 heteroatoms. The maximum atomic E-state index is 13.0. The van der Waals surface area contributed by atoms with Crippen molar-refractivity contribution in [3.63, 3.8) is 0 Å². The van der Waals surface area contributed by atoms with E-state index in [1.54, 1.807) is 18.3 Å². The van der Waals surface area contributed by atoms with Gasteiger partial charge in [0.15, 0.2) is 5.78 Å². The summed E-state index contributed by atoms with van der Waals surface area (Å²) in [7, 11) is 0. The maximum absolute atomic E-state index is 13.0. The maximum Gasteiger partial charge on any atom is 0.166 e. The molecule has 2 heterocycles. The van der Waals surface area contributed by atoms with E-state index in [1.165, 1.54) is 17.7 Å². The van der Waals surface area contributed by atoms with E-state index in [2.05, 4.69) is 22.9 Å². The molecule has 0 bridgehead atoms. The molecule has 1 fully saturated rings. The Morgan fingerprint density at radius 1 is 1.22 bits per heavy atom. The van der Waals surface area contributed by atoms with Crippen LogP contribution in [0.2, 0.25) is 0 Å². The summed E-state index contributed by atoms with van der Waals surface area (Å²) >= 11 is 0. The van der Waals surface area contributed by atoms with Crippen molar-refractivity contribution in [2.75, 3.05) is 13.1 Å². The molecule has 1 aromatic heterocycles. The van der Waals surface area contributed by atoms with Gasteiger partial charge in [-0.2, -0.15) is 0 Å². The molecular weight excluding hydrogens is 291 g/mol. The fraction of sp³-hybridized carbons (Fsp3) is 0.368. The molecule has 0 radical (unpaired) electrons. The molecule has 2 aromatic rings. The first-order valence-electron chi connectivity index (χ1n) is 8.09. The van der Waals surface area contributed by atoms with E-state index in [1.807, 2.05) is 12.3 Å². The highest BCUT2D eigenvalue weighted by atomic mass is 19.1. The van der Waals surface area contributed by atoms with Gasteiger partial charge in [0.2, 0.25) is 0 Å². The molecule has 1 atom stereocenters. The van der Waals surface area contributed by atoms with Gasteiger partial charge in [-0.05, 0) is 68.8 Å². The van der Waals surface area contributed by atoms with Crippen LogP contribution in [-0.2, 0) is 0 Å². The number of pyridine rings is 1. The number of hydrogen-bond donors (Lipinski definition) is 0. The van der Waals surface area contributed by atoms with Gasteiger partial charge in [0, 0.05) is 29.9 Å². The predicted molar refractivity (Wildman–Crippen MR) is 87.7 cm³/mol. The third-order valence-electron chi connectivity index (χ3n) is 4.74. The first-order valence-corrected chi connectivity index (χ1v) is 8.09. The molecule has 1 aromatic carbocycles. The van der Waals surface area contributed by atoms with E-state index in [0.717, 1.165) is 25.9 Å². The molecule has 3 nitrogen and oxygen atoms in total. The van der Waals surface area contributed by atoms with E-state index >= 15 is 0 Å². The number of carbonyl (C=O) groups excluding carboxylic acids is 1. The van der Waals surface area contributed by atoms with Crippen LogP contribution in [0.5, 0.6) is 0 Å². The van der Waals surface area contributed by atoms with Gasteiger partial charge < -0.3 is 0 Å². The van der Waals surface area contributed by atoms with Crippen LogP contribution < -0.4 is 0 Å². The van der Waals surface area contributed by atoms with Crippen molar-refractivity contribution in [3.8, 4) is 0 Å². The molecule has 0 saturated carbocycles. The quantitative estimate of drug-likeness (QED) is 0.803. The number of nitrogens with zero attached hydrogens (tertiary/aromatic N) is 2. The molecule has 0 amide bonds. The Balaban J connectivity index is 1.60. The highest BCUT2D eigenvalue weighted by molar-refractivity contribution is 5.97. The summed E-state index contributed by atoms with van der Waals surface area (Å²) in [5.74, 6) is -0.127. The number of ketones is 1. The molecule has 0 aliphatic carbocycles. The third-order valence-corrected chi connectivity index (χ3v) is 4.74. The molecule has 0 unspecified atom stereocenters. The SMILES string of the molecule is C[C@@H](c1cccnc1)N1CCC(C(=O)c2ccc(F)cc2)CC1. The second-order valence-electron chi connectivity index (χ2n) is 6.14. The summed E-state index contributed by atoms with van der Waals surface area (Å²) in [6, 6.07) is 10.2. The van der Waals surface area contributed by atoms with Crippen molar-refractivity contribution in [1.29, 1.82) is 0 Å². The van der Waals surface area contributed by atoms with Gasteiger partial charge in [-0.1, -0.05) is 6.07 Å². The predicted octanol–water partition coefficient (Wildman–Crippen LogP) is 3.88. The van der Waals surface area contributed by atoms with Crippen LogP contribution in [0.1, 0.15) is 41.7 Å². The number of carbonyl (C=O) groups is 1. The lowest BCUT2D eigenvalue weighted by Crippen LogP contribution is -2.38. The van der Waals surface area contributed by atoms with Crippen molar-refractivity contribution >= 4 is 5.78 Å². The van der Waals surface area contributed by atoms with E-state index in [-0.39, 0.29) is 17.5 Å². The van der Waals surface area contributed by atoms with Crippen LogP contribution in [-0.4, -0.2) is 28.8 Å². The zero-order valence-electron chi connectivity index (χ0n) is 13.3. The zero-order chi connectivity index (χ0) is 16.2. The van der Waals surface area contributed by atoms with E-state index in [9.17, 15) is 9.18 Å². The molecule has 0 N–H and O–H groups in total. The minimum Gasteiger partial charge on any atom is -0.297 e. The lowest BCUT2D eigenvalue weighted by Gasteiger charge is -2.35. The average Bonchev–Trinajstić information content (AvgIpc) is 2.62. The van der Waals surface area contributed by atoms with E-state index in [0.29, 0.717) is 11.6 Å². The molecular formula is C19H21FN2O. The smallest absolute Gasteiger partial charge is 0.166 e. The highest BCUT2D eigenvalue weighted by Gasteiger charge is 2.28. The van der Waals surface area contributed by atoms with Gasteiger partial charge in [-0.25, -0.2) is 4.39 Å². The minimum atomic E-state index is -0.304. The van der Waals surface area contributed by atoms with Gasteiger partial charge in [0.25, 0.3) is 0 Å². The second kappa shape index (κ2) is 7.01. The van der Waals surface area contributed by atoms with Crippen molar-refractivity contribution in [3.05, 3.63) is 65.7 Å². The van der Waals surface area contributed by atoms with Crippen LogP contribution in [0.25, 0.3) is 0 Å². The minimum absolute atomic E-state index is 0.0396. The van der Waals surface area contributed by atoms with Gasteiger partial charge >= 0.3 is 0 Å². The first-order chi connectivity index (χ1) is 11.1.